The summed E-state index contributed by atoms with van der Waals surface area (Å²) in [5.41, 5.74) is 0.214. The molecule has 1 nitrogen and oxygen atoms in total. The minimum absolute atomic E-state index is 0.214. The Morgan fingerprint density at radius 2 is 0.600 bits per heavy atom. The largest absolute Gasteiger partial charge is 0.375 e. The highest BCUT2D eigenvalue weighted by molar-refractivity contribution is 4.91. The minimum Gasteiger partial charge on any atom is -0.375 e. The fourth-order valence-electron chi connectivity index (χ4n) is 9.19. The van der Waals surface area contributed by atoms with E-state index >= 15 is 0 Å². The van der Waals surface area contributed by atoms with Crippen LogP contribution < -0.4 is 0 Å². The van der Waals surface area contributed by atoms with E-state index in [4.69, 9.17) is 4.74 Å². The molecule has 0 bridgehead atoms. The molecule has 0 aromatic carbocycles. The zero-order chi connectivity index (χ0) is 35.9. The molecule has 50 heavy (non-hydrogen) atoms. The van der Waals surface area contributed by atoms with Crippen LogP contribution in [0, 0.1) is 5.92 Å². The Kier molecular flexibility index (Phi) is 37.1. The van der Waals surface area contributed by atoms with Gasteiger partial charge in [-0.05, 0) is 38.0 Å². The molecule has 1 aliphatic rings. The van der Waals surface area contributed by atoms with Crippen molar-refractivity contribution in [2.75, 3.05) is 6.61 Å². The number of unbranched alkanes of at least 4 members (excludes halogenated alkanes) is 35. The highest BCUT2D eigenvalue weighted by Gasteiger charge is 2.40. The maximum atomic E-state index is 6.95. The molecule has 1 heteroatoms. The number of rotatable bonds is 41. The third-order valence-electron chi connectivity index (χ3n) is 12.6. The Labute approximate surface area is 318 Å². The molecule has 0 aromatic heterocycles. The molecule has 1 atom stereocenters. The molecule has 1 unspecified atom stereocenters. The first-order chi connectivity index (χ1) is 24.8. The van der Waals surface area contributed by atoms with Gasteiger partial charge in [0.15, 0.2) is 0 Å². The Morgan fingerprint density at radius 1 is 0.340 bits per heavy atom. The fourth-order valence-corrected chi connectivity index (χ4v) is 9.19. The van der Waals surface area contributed by atoms with Crippen LogP contribution >= 0.6 is 0 Å². The topological polar surface area (TPSA) is 9.23 Å². The highest BCUT2D eigenvalue weighted by Crippen LogP contribution is 2.42. The fraction of sp³-hybridized carbons (Fsp3) is 1.00. The van der Waals surface area contributed by atoms with Crippen LogP contribution in [0.3, 0.4) is 0 Å². The van der Waals surface area contributed by atoms with Crippen LogP contribution in [-0.4, -0.2) is 12.2 Å². The van der Waals surface area contributed by atoms with Gasteiger partial charge in [0.2, 0.25) is 0 Å². The predicted molar refractivity (Wildman–Crippen MR) is 228 cm³/mol. The molecule has 1 aliphatic heterocycles. The maximum absolute atomic E-state index is 6.95. The van der Waals surface area contributed by atoms with Crippen molar-refractivity contribution in [3.8, 4) is 0 Å². The summed E-state index contributed by atoms with van der Waals surface area (Å²) in [6.07, 6.45) is 62.1. The van der Waals surface area contributed by atoms with Crippen LogP contribution in [0.1, 0.15) is 297 Å². The maximum Gasteiger partial charge on any atom is 0.0710 e. The number of hydrogen-bond acceptors (Lipinski definition) is 1. The zero-order valence-corrected chi connectivity index (χ0v) is 35.6. The smallest absolute Gasteiger partial charge is 0.0710 e. The summed E-state index contributed by atoms with van der Waals surface area (Å²) in [6, 6.07) is 0. The molecule has 0 aliphatic carbocycles. The number of ether oxygens (including phenoxy) is 1. The van der Waals surface area contributed by atoms with E-state index in [-0.39, 0.29) is 5.60 Å². The van der Waals surface area contributed by atoms with E-state index in [0.717, 1.165) is 12.5 Å². The van der Waals surface area contributed by atoms with E-state index < -0.39 is 0 Å². The van der Waals surface area contributed by atoms with Crippen LogP contribution in [0.5, 0.6) is 0 Å². The number of hydrogen-bond donors (Lipinski definition) is 0. The van der Waals surface area contributed by atoms with E-state index in [1.54, 1.807) is 0 Å². The van der Waals surface area contributed by atoms with Crippen LogP contribution in [0.25, 0.3) is 0 Å². The third-order valence-corrected chi connectivity index (χ3v) is 12.6. The van der Waals surface area contributed by atoms with Crippen molar-refractivity contribution >= 4 is 0 Å². The van der Waals surface area contributed by atoms with E-state index in [1.807, 2.05) is 0 Å². The van der Waals surface area contributed by atoms with Crippen molar-refractivity contribution < 1.29 is 4.74 Å². The average Bonchev–Trinajstić information content (AvgIpc) is 3.13. The Balaban J connectivity index is 2.34. The molecule has 0 radical (unpaired) electrons. The van der Waals surface area contributed by atoms with Crippen molar-refractivity contribution in [1.29, 1.82) is 0 Å². The summed E-state index contributed by atoms with van der Waals surface area (Å²) in [5.74, 6) is 0.828. The molecule has 0 spiro atoms. The molecule has 1 saturated heterocycles. The van der Waals surface area contributed by atoms with Crippen LogP contribution in [-0.2, 0) is 4.74 Å². The van der Waals surface area contributed by atoms with E-state index in [1.165, 1.54) is 276 Å². The molecule has 0 amide bonds. The molecular weight excluding hydrogens is 605 g/mol. The highest BCUT2D eigenvalue weighted by atomic mass is 16.5. The predicted octanol–water partition coefficient (Wildman–Crippen LogP) is 18.2. The summed E-state index contributed by atoms with van der Waals surface area (Å²) in [5, 5.41) is 0. The van der Waals surface area contributed by atoms with Gasteiger partial charge in [0.25, 0.3) is 0 Å². The van der Waals surface area contributed by atoms with Crippen molar-refractivity contribution in [2.45, 2.75) is 302 Å². The first-order valence-corrected chi connectivity index (χ1v) is 24.4. The second-order valence-electron chi connectivity index (χ2n) is 17.4. The summed E-state index contributed by atoms with van der Waals surface area (Å²) in [4.78, 5) is 0. The lowest BCUT2D eigenvalue weighted by molar-refractivity contribution is -0.133. The van der Waals surface area contributed by atoms with Crippen LogP contribution in [0.15, 0.2) is 0 Å². The summed E-state index contributed by atoms with van der Waals surface area (Å²) >= 11 is 0. The van der Waals surface area contributed by atoms with Gasteiger partial charge >= 0.3 is 0 Å². The van der Waals surface area contributed by atoms with Gasteiger partial charge in [-0.1, -0.05) is 265 Å². The monoisotopic (exact) mass is 703 g/mol. The van der Waals surface area contributed by atoms with Gasteiger partial charge in [-0.3, -0.25) is 0 Å². The van der Waals surface area contributed by atoms with Crippen molar-refractivity contribution in [1.82, 2.24) is 0 Å². The SMILES string of the molecule is CCCCCCCCCCCCCCCCC1CCCOC1(CCCCCCCCCCCCCC)CCCCCCCCCCCCCC. The summed E-state index contributed by atoms with van der Waals surface area (Å²) in [6.45, 7) is 8.00. The average molecular weight is 703 g/mol. The quantitative estimate of drug-likeness (QED) is 0.0576. The van der Waals surface area contributed by atoms with Gasteiger partial charge in [-0.2, -0.15) is 0 Å². The van der Waals surface area contributed by atoms with Gasteiger partial charge in [-0.15, -0.1) is 0 Å². The van der Waals surface area contributed by atoms with E-state index in [9.17, 15) is 0 Å². The van der Waals surface area contributed by atoms with Gasteiger partial charge in [0.05, 0.1) is 5.60 Å². The van der Waals surface area contributed by atoms with E-state index in [2.05, 4.69) is 20.8 Å². The minimum atomic E-state index is 0.214. The molecule has 1 fully saturated rings. The molecular formula is C49H98O. The van der Waals surface area contributed by atoms with E-state index in [0.29, 0.717) is 0 Å². The molecule has 0 N–H and O–H groups in total. The lowest BCUT2D eigenvalue weighted by Gasteiger charge is -2.45. The lowest BCUT2D eigenvalue weighted by atomic mass is 9.73. The van der Waals surface area contributed by atoms with Gasteiger partial charge < -0.3 is 4.74 Å². The summed E-state index contributed by atoms with van der Waals surface area (Å²) < 4.78 is 6.95. The zero-order valence-electron chi connectivity index (χ0n) is 35.6. The second-order valence-corrected chi connectivity index (χ2v) is 17.4. The first kappa shape index (κ1) is 48.0. The van der Waals surface area contributed by atoms with Crippen LogP contribution in [0.4, 0.5) is 0 Å². The normalized spacial score (nSPS) is 16.0. The van der Waals surface area contributed by atoms with Gasteiger partial charge in [0.1, 0.15) is 0 Å². The molecule has 300 valence electrons. The third kappa shape index (κ3) is 29.4. The van der Waals surface area contributed by atoms with Gasteiger partial charge in [-0.25, -0.2) is 0 Å². The van der Waals surface area contributed by atoms with Crippen LogP contribution in [0.2, 0.25) is 0 Å². The van der Waals surface area contributed by atoms with Crippen molar-refractivity contribution in [2.24, 2.45) is 5.92 Å². The Morgan fingerprint density at radius 3 is 0.900 bits per heavy atom. The Hall–Kier alpha value is -0.0400. The molecule has 0 aromatic rings. The Bertz CT molecular complexity index is 599. The van der Waals surface area contributed by atoms with Crippen molar-refractivity contribution in [3.05, 3.63) is 0 Å². The van der Waals surface area contributed by atoms with Gasteiger partial charge in [0, 0.05) is 6.61 Å². The first-order valence-electron chi connectivity index (χ1n) is 24.4. The standard InChI is InChI=1S/C49H98O/c1-4-7-10-13-16-19-22-25-26-27-30-33-36-39-43-48-44-42-47-50-49(48,45-40-37-34-31-28-23-20-17-14-11-8-5-2)46-41-38-35-32-29-24-21-18-15-12-9-6-3/h48H,4-47H2,1-3H3. The van der Waals surface area contributed by atoms with Crippen molar-refractivity contribution in [3.63, 3.8) is 0 Å². The molecule has 0 saturated carbocycles. The lowest BCUT2D eigenvalue weighted by Crippen LogP contribution is -2.44. The summed E-state index contributed by atoms with van der Waals surface area (Å²) in [7, 11) is 0. The second kappa shape index (κ2) is 38.7. The molecule has 1 heterocycles. The molecule has 1 rings (SSSR count).